The van der Waals surface area contributed by atoms with Gasteiger partial charge in [0, 0.05) is 36.7 Å². The van der Waals surface area contributed by atoms with Gasteiger partial charge >= 0.3 is 0 Å². The zero-order chi connectivity index (χ0) is 12.5. The highest BCUT2D eigenvalue weighted by atomic mass is 79.9. The molecule has 1 aromatic rings. The molecule has 98 valence electrons. The maximum atomic E-state index is 13.5. The molecule has 3 rings (SSSR count). The molecule has 1 aliphatic heterocycles. The van der Waals surface area contributed by atoms with E-state index in [4.69, 9.17) is 0 Å². The summed E-state index contributed by atoms with van der Waals surface area (Å²) in [4.78, 5) is 2.51. The maximum absolute atomic E-state index is 13.5. The van der Waals surface area contributed by atoms with Crippen molar-refractivity contribution in [2.24, 2.45) is 5.92 Å². The molecular formula is C14H18BrFN2. The van der Waals surface area contributed by atoms with Crippen LogP contribution in [0.4, 0.5) is 4.39 Å². The van der Waals surface area contributed by atoms with Crippen LogP contribution in [0.5, 0.6) is 0 Å². The third-order valence-corrected chi connectivity index (χ3v) is 4.61. The van der Waals surface area contributed by atoms with E-state index in [1.807, 2.05) is 6.07 Å². The molecule has 0 aromatic heterocycles. The van der Waals surface area contributed by atoms with Crippen LogP contribution >= 0.6 is 15.9 Å². The van der Waals surface area contributed by atoms with Crippen molar-refractivity contribution in [3.8, 4) is 0 Å². The quantitative estimate of drug-likeness (QED) is 0.923. The summed E-state index contributed by atoms with van der Waals surface area (Å²) < 4.78 is 14.5. The molecule has 0 bridgehead atoms. The van der Waals surface area contributed by atoms with Gasteiger partial charge in [0.15, 0.2) is 0 Å². The van der Waals surface area contributed by atoms with E-state index in [0.29, 0.717) is 12.0 Å². The van der Waals surface area contributed by atoms with Crippen molar-refractivity contribution >= 4 is 15.9 Å². The van der Waals surface area contributed by atoms with Crippen LogP contribution in [0.2, 0.25) is 0 Å². The molecule has 1 aromatic carbocycles. The van der Waals surface area contributed by atoms with E-state index in [0.717, 1.165) is 36.2 Å². The van der Waals surface area contributed by atoms with Crippen LogP contribution in [0.3, 0.4) is 0 Å². The van der Waals surface area contributed by atoms with Gasteiger partial charge in [-0.15, -0.1) is 0 Å². The Labute approximate surface area is 116 Å². The summed E-state index contributed by atoms with van der Waals surface area (Å²) in [6.07, 6.45) is 2.55. The molecule has 0 amide bonds. The molecule has 2 fully saturated rings. The number of nitrogens with zero attached hydrogens (tertiary/aromatic N) is 1. The predicted octanol–water partition coefficient (Wildman–Crippen LogP) is 2.94. The van der Waals surface area contributed by atoms with Crippen molar-refractivity contribution in [2.75, 3.05) is 26.2 Å². The van der Waals surface area contributed by atoms with Gasteiger partial charge in [-0.05, 0) is 42.5 Å². The van der Waals surface area contributed by atoms with Crippen LogP contribution in [0, 0.1) is 11.7 Å². The topological polar surface area (TPSA) is 15.3 Å². The van der Waals surface area contributed by atoms with Gasteiger partial charge in [0.25, 0.3) is 0 Å². The van der Waals surface area contributed by atoms with Crippen molar-refractivity contribution < 1.29 is 4.39 Å². The molecule has 0 spiro atoms. The highest BCUT2D eigenvalue weighted by Crippen LogP contribution is 2.46. The molecule has 2 nitrogen and oxygen atoms in total. The minimum atomic E-state index is -0.131. The lowest BCUT2D eigenvalue weighted by molar-refractivity contribution is 0.155. The van der Waals surface area contributed by atoms with E-state index in [2.05, 4.69) is 26.1 Å². The van der Waals surface area contributed by atoms with Crippen LogP contribution in [0.1, 0.15) is 24.4 Å². The molecule has 1 saturated carbocycles. The first-order chi connectivity index (χ1) is 8.75. The monoisotopic (exact) mass is 312 g/mol. The van der Waals surface area contributed by atoms with Crippen molar-refractivity contribution in [3.63, 3.8) is 0 Å². The van der Waals surface area contributed by atoms with E-state index in [1.54, 1.807) is 6.07 Å². The minimum absolute atomic E-state index is 0.131. The number of halogens is 2. The molecule has 18 heavy (non-hydrogen) atoms. The summed E-state index contributed by atoms with van der Waals surface area (Å²) >= 11 is 3.58. The van der Waals surface area contributed by atoms with E-state index in [-0.39, 0.29) is 5.82 Å². The Balaban J connectivity index is 1.90. The van der Waals surface area contributed by atoms with Crippen molar-refractivity contribution in [1.82, 2.24) is 10.2 Å². The molecule has 1 aliphatic carbocycles. The molecule has 1 atom stereocenters. The normalized spacial score (nSPS) is 23.0. The van der Waals surface area contributed by atoms with Crippen LogP contribution < -0.4 is 5.32 Å². The van der Waals surface area contributed by atoms with Gasteiger partial charge in [-0.3, -0.25) is 4.90 Å². The Morgan fingerprint density at radius 2 is 2.00 bits per heavy atom. The fraction of sp³-hybridized carbons (Fsp3) is 0.571. The highest BCUT2D eigenvalue weighted by Gasteiger charge is 2.37. The standard InChI is InChI=1S/C14H18BrFN2/c15-13-4-3-11(16)9-12(13)14(10-1-2-10)18-7-5-17-6-8-18/h3-4,9-10,14,17H,1-2,5-8H2/t14-/m0/s1. The fourth-order valence-electron chi connectivity index (χ4n) is 2.86. The Morgan fingerprint density at radius 3 is 2.67 bits per heavy atom. The summed E-state index contributed by atoms with van der Waals surface area (Å²) in [6.45, 7) is 4.19. The summed E-state index contributed by atoms with van der Waals surface area (Å²) in [5, 5.41) is 3.38. The van der Waals surface area contributed by atoms with Crippen LogP contribution in [-0.2, 0) is 0 Å². The molecule has 2 aliphatic rings. The van der Waals surface area contributed by atoms with E-state index >= 15 is 0 Å². The SMILES string of the molecule is Fc1ccc(Br)c([C@H](C2CC2)N2CCNCC2)c1. The van der Waals surface area contributed by atoms with Crippen molar-refractivity contribution in [3.05, 3.63) is 34.1 Å². The summed E-state index contributed by atoms with van der Waals surface area (Å²) in [5.74, 6) is 0.579. The summed E-state index contributed by atoms with van der Waals surface area (Å²) in [6, 6.07) is 5.45. The number of benzene rings is 1. The number of nitrogens with one attached hydrogen (secondary N) is 1. The zero-order valence-electron chi connectivity index (χ0n) is 10.3. The molecule has 0 radical (unpaired) electrons. The van der Waals surface area contributed by atoms with Crippen molar-refractivity contribution in [2.45, 2.75) is 18.9 Å². The van der Waals surface area contributed by atoms with Gasteiger partial charge < -0.3 is 5.32 Å². The van der Waals surface area contributed by atoms with Gasteiger partial charge in [-0.1, -0.05) is 15.9 Å². The summed E-state index contributed by atoms with van der Waals surface area (Å²) in [5.41, 5.74) is 1.12. The van der Waals surface area contributed by atoms with Gasteiger partial charge in [0.2, 0.25) is 0 Å². The minimum Gasteiger partial charge on any atom is -0.314 e. The van der Waals surface area contributed by atoms with E-state index in [1.165, 1.54) is 18.9 Å². The third kappa shape index (κ3) is 2.60. The van der Waals surface area contributed by atoms with Gasteiger partial charge in [-0.25, -0.2) is 4.39 Å². The van der Waals surface area contributed by atoms with E-state index in [9.17, 15) is 4.39 Å². The second-order valence-corrected chi connectivity index (χ2v) is 6.09. The van der Waals surface area contributed by atoms with Crippen LogP contribution in [0.25, 0.3) is 0 Å². The number of hydrogen-bond donors (Lipinski definition) is 1. The van der Waals surface area contributed by atoms with Crippen LogP contribution in [0.15, 0.2) is 22.7 Å². The second kappa shape index (κ2) is 5.27. The van der Waals surface area contributed by atoms with Crippen LogP contribution in [-0.4, -0.2) is 31.1 Å². The fourth-order valence-corrected chi connectivity index (χ4v) is 3.34. The molecule has 4 heteroatoms. The first kappa shape index (κ1) is 12.6. The lowest BCUT2D eigenvalue weighted by Gasteiger charge is -2.36. The molecule has 1 saturated heterocycles. The Kier molecular flexibility index (Phi) is 3.68. The zero-order valence-corrected chi connectivity index (χ0v) is 11.9. The molecular weight excluding hydrogens is 295 g/mol. The average molecular weight is 313 g/mol. The maximum Gasteiger partial charge on any atom is 0.123 e. The highest BCUT2D eigenvalue weighted by molar-refractivity contribution is 9.10. The third-order valence-electron chi connectivity index (χ3n) is 3.89. The number of rotatable bonds is 3. The Bertz CT molecular complexity index is 428. The Hall–Kier alpha value is -0.450. The number of hydrogen-bond acceptors (Lipinski definition) is 2. The Morgan fingerprint density at radius 1 is 1.28 bits per heavy atom. The second-order valence-electron chi connectivity index (χ2n) is 5.23. The smallest absolute Gasteiger partial charge is 0.123 e. The first-order valence-corrected chi connectivity index (χ1v) is 7.45. The molecule has 0 unspecified atom stereocenters. The largest absolute Gasteiger partial charge is 0.314 e. The first-order valence-electron chi connectivity index (χ1n) is 6.65. The predicted molar refractivity (Wildman–Crippen MR) is 74.0 cm³/mol. The summed E-state index contributed by atoms with van der Waals surface area (Å²) in [7, 11) is 0. The van der Waals surface area contributed by atoms with Gasteiger partial charge in [0.05, 0.1) is 0 Å². The lowest BCUT2D eigenvalue weighted by Crippen LogP contribution is -2.45. The lowest BCUT2D eigenvalue weighted by atomic mass is 9.99. The molecule has 1 heterocycles. The van der Waals surface area contributed by atoms with Gasteiger partial charge in [0.1, 0.15) is 5.82 Å². The molecule has 1 N–H and O–H groups in total. The van der Waals surface area contributed by atoms with Crippen molar-refractivity contribution in [1.29, 1.82) is 0 Å². The van der Waals surface area contributed by atoms with Gasteiger partial charge in [-0.2, -0.15) is 0 Å². The number of piperazine rings is 1. The van der Waals surface area contributed by atoms with E-state index < -0.39 is 0 Å². The average Bonchev–Trinajstić information content (AvgIpc) is 3.20.